The van der Waals surface area contributed by atoms with E-state index in [0.717, 1.165) is 27.9 Å². The summed E-state index contributed by atoms with van der Waals surface area (Å²) in [6, 6.07) is 14.4. The van der Waals surface area contributed by atoms with Crippen molar-refractivity contribution in [2.45, 2.75) is 17.5 Å². The molecule has 0 amide bonds. The molecule has 1 aliphatic heterocycles. The van der Waals surface area contributed by atoms with Crippen LogP contribution < -0.4 is 15.4 Å². The van der Waals surface area contributed by atoms with Crippen LogP contribution in [0.1, 0.15) is 17.9 Å². The fourth-order valence-corrected chi connectivity index (χ4v) is 3.68. The summed E-state index contributed by atoms with van der Waals surface area (Å²) < 4.78 is 7.32. The van der Waals surface area contributed by atoms with Gasteiger partial charge in [-0.1, -0.05) is 23.9 Å². The Labute approximate surface area is 153 Å². The van der Waals surface area contributed by atoms with E-state index in [9.17, 15) is 5.21 Å². The minimum Gasteiger partial charge on any atom is -0.733 e. The highest BCUT2D eigenvalue weighted by Gasteiger charge is 2.28. The fraction of sp³-hybridized carbons (Fsp3) is 0.176. The van der Waals surface area contributed by atoms with E-state index in [1.54, 1.807) is 24.3 Å². The Balaban J connectivity index is 1.55. The number of rotatable bonds is 5. The van der Waals surface area contributed by atoms with Crippen LogP contribution in [-0.2, 0) is 0 Å². The Kier molecular flexibility index (Phi) is 4.41. The maximum Gasteiger partial charge on any atom is 0.212 e. The van der Waals surface area contributed by atoms with E-state index in [1.165, 1.54) is 11.8 Å². The molecule has 9 heteroatoms. The van der Waals surface area contributed by atoms with Gasteiger partial charge in [0.1, 0.15) is 11.1 Å². The lowest BCUT2D eigenvalue weighted by atomic mass is 10.2. The smallest absolute Gasteiger partial charge is 0.212 e. The van der Waals surface area contributed by atoms with Crippen LogP contribution in [0.15, 0.2) is 53.7 Å². The lowest BCUT2D eigenvalue weighted by Gasteiger charge is -2.22. The fourth-order valence-electron chi connectivity index (χ4n) is 2.68. The zero-order chi connectivity index (χ0) is 18.1. The molecule has 0 aliphatic carbocycles. The first-order valence-corrected chi connectivity index (χ1v) is 8.91. The van der Waals surface area contributed by atoms with Gasteiger partial charge in [0, 0.05) is 5.56 Å². The molecule has 1 unspecified atom stereocenters. The molecule has 0 radical (unpaired) electrons. The molecule has 0 saturated heterocycles. The summed E-state index contributed by atoms with van der Waals surface area (Å²) in [4.78, 5) is 0. The molecule has 0 saturated carbocycles. The molecule has 26 heavy (non-hydrogen) atoms. The number of hydrogen-bond donors (Lipinski definition) is 2. The zero-order valence-corrected chi connectivity index (χ0v) is 14.7. The molecular weight excluding hydrogens is 354 g/mol. The van der Waals surface area contributed by atoms with E-state index < -0.39 is 0 Å². The highest BCUT2D eigenvalue weighted by Crippen LogP contribution is 2.40. The van der Waals surface area contributed by atoms with Crippen molar-refractivity contribution in [2.75, 3.05) is 17.3 Å². The summed E-state index contributed by atoms with van der Waals surface area (Å²) in [5.74, 6) is 1.53. The first-order valence-electron chi connectivity index (χ1n) is 8.03. The van der Waals surface area contributed by atoms with E-state index in [0.29, 0.717) is 6.61 Å². The van der Waals surface area contributed by atoms with Crippen molar-refractivity contribution in [3.63, 3.8) is 0 Å². The van der Waals surface area contributed by atoms with Gasteiger partial charge in [0.15, 0.2) is 5.82 Å². The van der Waals surface area contributed by atoms with Gasteiger partial charge >= 0.3 is 0 Å². The molecule has 1 aliphatic rings. The summed E-state index contributed by atoms with van der Waals surface area (Å²) >= 11 is 1.53. The molecule has 8 nitrogen and oxygen atoms in total. The quantitative estimate of drug-likeness (QED) is 0.660. The molecule has 2 N–H and O–H groups in total. The number of aromatic nitrogens is 3. The number of ether oxygens (including phenoxy) is 1. The molecule has 0 spiro atoms. The third kappa shape index (κ3) is 3.07. The van der Waals surface area contributed by atoms with Crippen LogP contribution in [0, 0.1) is 5.21 Å². The average molecular weight is 370 g/mol. The largest absolute Gasteiger partial charge is 0.733 e. The van der Waals surface area contributed by atoms with Gasteiger partial charge in [-0.3, -0.25) is 5.21 Å². The van der Waals surface area contributed by atoms with Crippen molar-refractivity contribution in [3.05, 3.63) is 59.3 Å². The molecule has 0 bridgehead atoms. The molecule has 4 rings (SSSR count). The molecule has 2 heterocycles. The summed E-state index contributed by atoms with van der Waals surface area (Å²) in [6.07, 6.45) is 0. The van der Waals surface area contributed by atoms with Crippen molar-refractivity contribution in [1.29, 1.82) is 0 Å². The van der Waals surface area contributed by atoms with Gasteiger partial charge in [0.25, 0.3) is 0 Å². The molecule has 3 aromatic rings. The highest BCUT2D eigenvalue weighted by atomic mass is 32.2. The number of thioether (sulfide) groups is 1. The monoisotopic (exact) mass is 370 g/mol. The first kappa shape index (κ1) is 16.7. The SMILES string of the molecule is CCOc1ccc(-c2nnc3n2NC(c2ccc(N([O-])O)cc2)S3)cc1. The number of nitrogens with one attached hydrogen (secondary N) is 1. The van der Waals surface area contributed by atoms with E-state index in [-0.39, 0.29) is 16.3 Å². The molecule has 134 valence electrons. The van der Waals surface area contributed by atoms with Gasteiger partial charge in [-0.2, -0.15) is 0 Å². The topological polar surface area (TPSA) is 98.5 Å². The van der Waals surface area contributed by atoms with Crippen molar-refractivity contribution in [1.82, 2.24) is 14.9 Å². The number of anilines is 1. The average Bonchev–Trinajstić information content (AvgIpc) is 3.23. The van der Waals surface area contributed by atoms with Crippen molar-refractivity contribution >= 4 is 17.4 Å². The van der Waals surface area contributed by atoms with Crippen LogP contribution in [0.3, 0.4) is 0 Å². The molecule has 2 aromatic carbocycles. The Morgan fingerprint density at radius 2 is 1.92 bits per heavy atom. The minimum atomic E-state index is -0.155. The van der Waals surface area contributed by atoms with Crippen LogP contribution in [0.2, 0.25) is 0 Å². The number of benzene rings is 2. The second-order valence-electron chi connectivity index (χ2n) is 5.59. The predicted octanol–water partition coefficient (Wildman–Crippen LogP) is 3.39. The number of fused-ring (bicyclic) bond motifs is 1. The maximum atomic E-state index is 10.9. The number of hydrogen-bond acceptors (Lipinski definition) is 8. The summed E-state index contributed by atoms with van der Waals surface area (Å²) in [5.41, 5.74) is 5.43. The zero-order valence-electron chi connectivity index (χ0n) is 13.9. The van der Waals surface area contributed by atoms with Crippen LogP contribution in [0.4, 0.5) is 5.69 Å². The van der Waals surface area contributed by atoms with E-state index in [1.807, 2.05) is 35.9 Å². The van der Waals surface area contributed by atoms with Gasteiger partial charge in [-0.25, -0.2) is 4.68 Å². The summed E-state index contributed by atoms with van der Waals surface area (Å²) in [6.45, 7) is 2.57. The van der Waals surface area contributed by atoms with E-state index >= 15 is 0 Å². The van der Waals surface area contributed by atoms with Crippen LogP contribution in [0.25, 0.3) is 11.4 Å². The van der Waals surface area contributed by atoms with Crippen LogP contribution in [-0.4, -0.2) is 26.7 Å². The van der Waals surface area contributed by atoms with Gasteiger partial charge in [0.05, 0.1) is 12.3 Å². The van der Waals surface area contributed by atoms with Crippen LogP contribution >= 0.6 is 11.8 Å². The van der Waals surface area contributed by atoms with Gasteiger partial charge in [-0.05, 0) is 48.9 Å². The Bertz CT molecular complexity index is 896. The second-order valence-corrected chi connectivity index (χ2v) is 6.66. The standard InChI is InChI=1S/C17H16N5O3S/c1-2-25-14-9-5-11(6-10-14)15-18-19-17-21(15)20-16(26-17)12-3-7-13(8-4-12)22(23)24/h3-10,16,20,23H,2H2,1H3/q-1. The Hall–Kier alpha value is -2.75. The predicted molar refractivity (Wildman–Crippen MR) is 98.7 cm³/mol. The lowest BCUT2D eigenvalue weighted by molar-refractivity contribution is 0.296. The van der Waals surface area contributed by atoms with Gasteiger partial charge in [-0.15, -0.1) is 10.2 Å². The van der Waals surface area contributed by atoms with E-state index in [4.69, 9.17) is 9.94 Å². The third-order valence-corrected chi connectivity index (χ3v) is 5.03. The molecular formula is C17H16N5O3S-. The second kappa shape index (κ2) is 6.87. The number of nitrogens with zero attached hydrogens (tertiary/aromatic N) is 4. The molecule has 1 atom stereocenters. The van der Waals surface area contributed by atoms with Gasteiger partial charge < -0.3 is 20.6 Å². The normalized spacial score (nSPS) is 15.4. The first-order chi connectivity index (χ1) is 12.7. The highest BCUT2D eigenvalue weighted by molar-refractivity contribution is 7.99. The molecule has 0 fully saturated rings. The maximum absolute atomic E-state index is 10.9. The van der Waals surface area contributed by atoms with Gasteiger partial charge in [0.2, 0.25) is 5.16 Å². The third-order valence-electron chi connectivity index (χ3n) is 3.94. The summed E-state index contributed by atoms with van der Waals surface area (Å²) in [5, 5.41) is 28.9. The lowest BCUT2D eigenvalue weighted by Crippen LogP contribution is -2.14. The van der Waals surface area contributed by atoms with Crippen molar-refractivity contribution < 1.29 is 9.94 Å². The van der Waals surface area contributed by atoms with Crippen LogP contribution in [0.5, 0.6) is 5.75 Å². The molecule has 1 aromatic heterocycles. The Morgan fingerprint density at radius 1 is 1.19 bits per heavy atom. The minimum absolute atomic E-state index is 0.0604. The van der Waals surface area contributed by atoms with E-state index in [2.05, 4.69) is 15.6 Å². The summed E-state index contributed by atoms with van der Waals surface area (Å²) in [7, 11) is 0. The Morgan fingerprint density at radius 3 is 2.58 bits per heavy atom. The van der Waals surface area contributed by atoms with Crippen molar-refractivity contribution in [2.24, 2.45) is 0 Å². The van der Waals surface area contributed by atoms with Crippen molar-refractivity contribution in [3.8, 4) is 17.1 Å².